The van der Waals surface area contributed by atoms with Crippen molar-refractivity contribution in [3.63, 3.8) is 0 Å². The lowest BCUT2D eigenvalue weighted by Gasteiger charge is -2.19. The Morgan fingerprint density at radius 2 is 2.16 bits per heavy atom. The van der Waals surface area contributed by atoms with Crippen molar-refractivity contribution in [2.45, 2.75) is 45.7 Å². The first-order valence-corrected chi connectivity index (χ1v) is 10.3. The highest BCUT2D eigenvalue weighted by Gasteiger charge is 2.21. The van der Waals surface area contributed by atoms with Gasteiger partial charge in [0.2, 0.25) is 0 Å². The molecule has 0 saturated carbocycles. The van der Waals surface area contributed by atoms with Crippen molar-refractivity contribution >= 4 is 17.4 Å². The van der Waals surface area contributed by atoms with Crippen LogP contribution in [0.4, 0.5) is 15.9 Å². The van der Waals surface area contributed by atoms with E-state index in [-0.39, 0.29) is 11.8 Å². The first kappa shape index (κ1) is 22.2. The zero-order valence-corrected chi connectivity index (χ0v) is 18.3. The highest BCUT2D eigenvalue weighted by atomic mass is 19.1. The van der Waals surface area contributed by atoms with Crippen molar-refractivity contribution in [1.82, 2.24) is 10.3 Å². The summed E-state index contributed by atoms with van der Waals surface area (Å²) in [5, 5.41) is 15.4. The van der Waals surface area contributed by atoms with Gasteiger partial charge in [0.25, 0.3) is 5.91 Å². The number of nitriles is 1. The van der Waals surface area contributed by atoms with E-state index in [1.807, 2.05) is 45.0 Å². The Bertz CT molecular complexity index is 1090. The van der Waals surface area contributed by atoms with Crippen molar-refractivity contribution in [2.24, 2.45) is 0 Å². The molecule has 2 aromatic rings. The van der Waals surface area contributed by atoms with E-state index in [9.17, 15) is 14.4 Å². The van der Waals surface area contributed by atoms with Gasteiger partial charge in [-0.2, -0.15) is 5.26 Å². The predicted molar refractivity (Wildman–Crippen MR) is 121 cm³/mol. The summed E-state index contributed by atoms with van der Waals surface area (Å²) in [5.41, 5.74) is 3.19. The van der Waals surface area contributed by atoms with Crippen molar-refractivity contribution in [2.75, 3.05) is 11.9 Å². The van der Waals surface area contributed by atoms with E-state index in [1.165, 1.54) is 13.0 Å². The number of alkyl halides is 1. The number of aromatic nitrogens is 1. The molecule has 1 aromatic heterocycles. The average molecular weight is 419 g/mol. The molecule has 0 radical (unpaired) electrons. The van der Waals surface area contributed by atoms with Crippen LogP contribution in [0.5, 0.6) is 0 Å². The predicted octanol–water partition coefficient (Wildman–Crippen LogP) is 5.47. The number of benzene rings is 1. The van der Waals surface area contributed by atoms with E-state index in [4.69, 9.17) is 0 Å². The molecule has 160 valence electrons. The molecule has 0 saturated heterocycles. The van der Waals surface area contributed by atoms with Crippen LogP contribution in [0.15, 0.2) is 54.3 Å². The number of anilines is 2. The molecule has 31 heavy (non-hydrogen) atoms. The topological polar surface area (TPSA) is 77.8 Å². The van der Waals surface area contributed by atoms with E-state index in [1.54, 1.807) is 18.3 Å². The third-order valence-corrected chi connectivity index (χ3v) is 5.38. The number of nitrogens with one attached hydrogen (secondary N) is 2. The molecule has 1 heterocycles. The minimum Gasteiger partial charge on any atom is -0.348 e. The van der Waals surface area contributed by atoms with Crippen LogP contribution >= 0.6 is 0 Å². The Morgan fingerprint density at radius 1 is 1.39 bits per heavy atom. The second-order valence-corrected chi connectivity index (χ2v) is 8.30. The Labute approximate surface area is 182 Å². The molecule has 0 aliphatic heterocycles. The third kappa shape index (κ3) is 5.37. The summed E-state index contributed by atoms with van der Waals surface area (Å²) in [5.74, 6) is 0.503. The minimum absolute atomic E-state index is 0.108. The molecule has 1 atom stereocenters. The summed E-state index contributed by atoms with van der Waals surface area (Å²) >= 11 is 0. The lowest BCUT2D eigenvalue weighted by Crippen LogP contribution is -2.28. The summed E-state index contributed by atoms with van der Waals surface area (Å²) in [4.78, 5) is 17.2. The maximum absolute atomic E-state index is 13.9. The van der Waals surface area contributed by atoms with Gasteiger partial charge in [0.15, 0.2) is 0 Å². The fourth-order valence-corrected chi connectivity index (χ4v) is 3.39. The van der Waals surface area contributed by atoms with Gasteiger partial charge in [0.05, 0.1) is 17.2 Å². The molecule has 1 unspecified atom stereocenters. The number of halogens is 1. The number of hydrogen-bond donors (Lipinski definition) is 2. The zero-order chi connectivity index (χ0) is 22.6. The molecule has 5 nitrogen and oxygen atoms in total. The SMILES string of the molecule is Cc1c(C#N)cccc1Nc1cc(C(C)C)c(C(=O)NCC2=CCC(C)(F)C=C2)cn1. The van der Waals surface area contributed by atoms with Crippen molar-refractivity contribution in [3.8, 4) is 6.07 Å². The molecule has 3 rings (SSSR count). The highest BCUT2D eigenvalue weighted by Crippen LogP contribution is 2.27. The van der Waals surface area contributed by atoms with Crippen molar-refractivity contribution < 1.29 is 9.18 Å². The second kappa shape index (κ2) is 9.13. The molecular formula is C25H27FN4O. The Kier molecular flexibility index (Phi) is 6.55. The first-order valence-electron chi connectivity index (χ1n) is 10.3. The molecule has 6 heteroatoms. The molecule has 1 aromatic carbocycles. The van der Waals surface area contributed by atoms with Gasteiger partial charge in [-0.05, 0) is 60.7 Å². The lowest BCUT2D eigenvalue weighted by molar-refractivity contribution is 0.0955. The number of nitrogens with zero attached hydrogens (tertiary/aromatic N) is 2. The van der Waals surface area contributed by atoms with E-state index >= 15 is 0 Å². The Balaban J connectivity index is 1.76. The number of carbonyl (C=O) groups is 1. The number of rotatable bonds is 6. The van der Waals surface area contributed by atoms with E-state index in [2.05, 4.69) is 21.7 Å². The normalized spacial score (nSPS) is 17.8. The molecule has 0 bridgehead atoms. The molecule has 1 aliphatic rings. The number of pyridine rings is 1. The van der Waals surface area contributed by atoms with Crippen molar-refractivity contribution in [1.29, 1.82) is 5.26 Å². The number of amides is 1. The maximum atomic E-state index is 13.9. The molecule has 0 fully saturated rings. The van der Waals surface area contributed by atoms with Crippen molar-refractivity contribution in [3.05, 3.63) is 76.5 Å². The van der Waals surface area contributed by atoms with Gasteiger partial charge < -0.3 is 10.6 Å². The van der Waals surface area contributed by atoms with Crippen LogP contribution in [-0.2, 0) is 0 Å². The first-order chi connectivity index (χ1) is 14.7. The molecule has 1 amide bonds. The largest absolute Gasteiger partial charge is 0.348 e. The van der Waals surface area contributed by atoms with Crippen LogP contribution in [0.3, 0.4) is 0 Å². The van der Waals surface area contributed by atoms with Crippen LogP contribution in [-0.4, -0.2) is 23.1 Å². The van der Waals surface area contributed by atoms with E-state index in [0.29, 0.717) is 29.9 Å². The maximum Gasteiger partial charge on any atom is 0.253 e. The zero-order valence-electron chi connectivity index (χ0n) is 18.3. The van der Waals surface area contributed by atoms with Gasteiger partial charge in [-0.15, -0.1) is 0 Å². The fraction of sp³-hybridized carbons (Fsp3) is 0.320. The second-order valence-electron chi connectivity index (χ2n) is 8.30. The Hall–Kier alpha value is -3.46. The summed E-state index contributed by atoms with van der Waals surface area (Å²) < 4.78 is 13.9. The highest BCUT2D eigenvalue weighted by molar-refractivity contribution is 5.96. The van der Waals surface area contributed by atoms with Gasteiger partial charge in [-0.25, -0.2) is 9.37 Å². The van der Waals surface area contributed by atoms with E-state index in [0.717, 1.165) is 22.4 Å². The van der Waals surface area contributed by atoms with Crippen LogP contribution < -0.4 is 10.6 Å². The van der Waals surface area contributed by atoms with Crippen LogP contribution in [0.2, 0.25) is 0 Å². The number of hydrogen-bond acceptors (Lipinski definition) is 4. The van der Waals surface area contributed by atoms with Crippen LogP contribution in [0.25, 0.3) is 0 Å². The Morgan fingerprint density at radius 3 is 2.81 bits per heavy atom. The monoisotopic (exact) mass is 418 g/mol. The molecule has 1 aliphatic carbocycles. The number of allylic oxidation sites excluding steroid dienone is 2. The van der Waals surface area contributed by atoms with Gasteiger partial charge >= 0.3 is 0 Å². The molecule has 0 spiro atoms. The quantitative estimate of drug-likeness (QED) is 0.652. The summed E-state index contributed by atoms with van der Waals surface area (Å²) in [6.45, 7) is 7.79. The lowest BCUT2D eigenvalue weighted by atomic mass is 9.95. The van der Waals surface area contributed by atoms with E-state index < -0.39 is 5.67 Å². The smallest absolute Gasteiger partial charge is 0.253 e. The average Bonchev–Trinajstić information content (AvgIpc) is 2.74. The molecular weight excluding hydrogens is 391 g/mol. The summed E-state index contributed by atoms with van der Waals surface area (Å²) in [7, 11) is 0. The summed E-state index contributed by atoms with van der Waals surface area (Å²) in [6, 6.07) is 9.52. The van der Waals surface area contributed by atoms with Crippen LogP contribution in [0.1, 0.15) is 60.2 Å². The van der Waals surface area contributed by atoms with Crippen LogP contribution in [0, 0.1) is 18.3 Å². The number of carbonyl (C=O) groups excluding carboxylic acids is 1. The van der Waals surface area contributed by atoms with Gasteiger partial charge in [0.1, 0.15) is 11.5 Å². The van der Waals surface area contributed by atoms with Gasteiger partial charge in [0, 0.05) is 24.8 Å². The summed E-state index contributed by atoms with van der Waals surface area (Å²) in [6.07, 6.45) is 6.93. The third-order valence-electron chi connectivity index (χ3n) is 5.38. The molecule has 2 N–H and O–H groups in total. The minimum atomic E-state index is -1.32. The van der Waals surface area contributed by atoms with Gasteiger partial charge in [-0.1, -0.05) is 32.1 Å². The fourth-order valence-electron chi connectivity index (χ4n) is 3.39. The van der Waals surface area contributed by atoms with Gasteiger partial charge in [-0.3, -0.25) is 4.79 Å². The standard InChI is InChI=1S/C25H27FN4O/c1-16(2)20-12-23(30-22-7-5-6-19(13-27)17(22)3)28-15-21(20)24(31)29-14-18-8-10-25(4,26)11-9-18/h5-10,12,15-16H,11,14H2,1-4H3,(H,28,30)(H,29,31).